The van der Waals surface area contributed by atoms with E-state index in [1.54, 1.807) is 13.2 Å². The molecule has 5 nitrogen and oxygen atoms in total. The molecule has 0 bridgehead atoms. The molecule has 3 aromatic rings. The van der Waals surface area contributed by atoms with Crippen LogP contribution < -0.4 is 10.1 Å². The second-order valence-electron chi connectivity index (χ2n) is 6.26. The Morgan fingerprint density at radius 3 is 2.37 bits per heavy atom. The van der Waals surface area contributed by atoms with Gasteiger partial charge in [-0.1, -0.05) is 54.6 Å². The molecule has 27 heavy (non-hydrogen) atoms. The fourth-order valence-electron chi connectivity index (χ4n) is 3.09. The number of nitrogens with zero attached hydrogens (tertiary/aromatic N) is 1. The standard InChI is InChI=1S/C22H20N2O3/c1-26-18-13-11-17(12-14-18)21-23-20-10-6-5-9-19(20)22(25)24(21)27-15-16-7-3-2-4-8-16/h2-14,21,23H,15H2,1H3. The van der Waals surface area contributed by atoms with E-state index in [4.69, 9.17) is 9.57 Å². The lowest BCUT2D eigenvalue weighted by Gasteiger charge is -2.36. The lowest BCUT2D eigenvalue weighted by molar-refractivity contribution is -0.156. The first-order valence-corrected chi connectivity index (χ1v) is 8.76. The van der Waals surface area contributed by atoms with Gasteiger partial charge in [-0.15, -0.1) is 0 Å². The second kappa shape index (κ2) is 7.51. The number of hydrogen-bond acceptors (Lipinski definition) is 4. The van der Waals surface area contributed by atoms with Crippen LogP contribution in [0.3, 0.4) is 0 Å². The molecule has 0 saturated carbocycles. The molecule has 5 heteroatoms. The third kappa shape index (κ3) is 3.50. The van der Waals surface area contributed by atoms with Crippen molar-refractivity contribution in [2.75, 3.05) is 12.4 Å². The number of amides is 1. The second-order valence-corrected chi connectivity index (χ2v) is 6.26. The summed E-state index contributed by atoms with van der Waals surface area (Å²) in [5, 5.41) is 4.82. The number of rotatable bonds is 5. The van der Waals surface area contributed by atoms with Crippen molar-refractivity contribution < 1.29 is 14.4 Å². The van der Waals surface area contributed by atoms with Crippen molar-refractivity contribution in [3.05, 3.63) is 95.6 Å². The van der Waals surface area contributed by atoms with Gasteiger partial charge >= 0.3 is 0 Å². The maximum Gasteiger partial charge on any atom is 0.281 e. The molecule has 136 valence electrons. The van der Waals surface area contributed by atoms with Crippen LogP contribution in [0.5, 0.6) is 5.75 Å². The van der Waals surface area contributed by atoms with Crippen molar-refractivity contribution in [1.29, 1.82) is 0 Å². The van der Waals surface area contributed by atoms with Gasteiger partial charge in [-0.2, -0.15) is 5.06 Å². The molecule has 0 spiro atoms. The highest BCUT2D eigenvalue weighted by Crippen LogP contribution is 2.34. The van der Waals surface area contributed by atoms with E-state index in [0.717, 1.165) is 22.6 Å². The van der Waals surface area contributed by atoms with E-state index in [0.29, 0.717) is 12.2 Å². The van der Waals surface area contributed by atoms with Gasteiger partial charge in [0.05, 0.1) is 12.7 Å². The van der Waals surface area contributed by atoms with Gasteiger partial charge in [0.15, 0.2) is 6.17 Å². The first kappa shape index (κ1) is 17.1. The summed E-state index contributed by atoms with van der Waals surface area (Å²) in [6, 6.07) is 24.8. The Balaban J connectivity index is 1.65. The smallest absolute Gasteiger partial charge is 0.281 e. The van der Waals surface area contributed by atoms with Gasteiger partial charge < -0.3 is 10.1 Å². The van der Waals surface area contributed by atoms with Gasteiger partial charge in [0.1, 0.15) is 12.4 Å². The molecule has 0 fully saturated rings. The zero-order valence-corrected chi connectivity index (χ0v) is 15.0. The maximum atomic E-state index is 13.1. The molecule has 1 atom stereocenters. The van der Waals surface area contributed by atoms with Crippen LogP contribution in [-0.4, -0.2) is 18.1 Å². The summed E-state index contributed by atoms with van der Waals surface area (Å²) < 4.78 is 5.23. The van der Waals surface area contributed by atoms with Crippen LogP contribution in [0, 0.1) is 0 Å². The van der Waals surface area contributed by atoms with E-state index >= 15 is 0 Å². The van der Waals surface area contributed by atoms with E-state index < -0.39 is 6.17 Å². The Bertz CT molecular complexity index is 926. The normalized spacial score (nSPS) is 15.8. The molecule has 1 heterocycles. The lowest BCUT2D eigenvalue weighted by Crippen LogP contribution is -2.42. The van der Waals surface area contributed by atoms with Crippen molar-refractivity contribution in [3.63, 3.8) is 0 Å². The van der Waals surface area contributed by atoms with Crippen LogP contribution in [0.4, 0.5) is 5.69 Å². The van der Waals surface area contributed by atoms with E-state index in [1.165, 1.54) is 5.06 Å². The highest BCUT2D eigenvalue weighted by Gasteiger charge is 2.34. The molecule has 1 aliphatic heterocycles. The summed E-state index contributed by atoms with van der Waals surface area (Å²) in [7, 11) is 1.63. The molecule has 0 aromatic heterocycles. The Morgan fingerprint density at radius 1 is 0.926 bits per heavy atom. The average molecular weight is 360 g/mol. The highest BCUT2D eigenvalue weighted by atomic mass is 16.7. The molecule has 1 N–H and O–H groups in total. The number of ether oxygens (including phenoxy) is 1. The summed E-state index contributed by atoms with van der Waals surface area (Å²) >= 11 is 0. The number of methoxy groups -OCH3 is 1. The van der Waals surface area contributed by atoms with Gasteiger partial charge in [-0.3, -0.25) is 9.63 Å². The molecular formula is C22H20N2O3. The predicted octanol–water partition coefficient (Wildman–Crippen LogP) is 4.39. The monoisotopic (exact) mass is 360 g/mol. The van der Waals surface area contributed by atoms with Crippen LogP contribution >= 0.6 is 0 Å². The molecule has 1 amide bonds. The average Bonchev–Trinajstić information content (AvgIpc) is 2.74. The number of carbonyl (C=O) groups excluding carboxylic acids is 1. The first-order valence-electron chi connectivity index (χ1n) is 8.76. The number of nitrogens with one attached hydrogen (secondary N) is 1. The molecule has 0 aliphatic carbocycles. The molecule has 1 aliphatic rings. The van der Waals surface area contributed by atoms with Crippen molar-refractivity contribution >= 4 is 11.6 Å². The van der Waals surface area contributed by atoms with Crippen molar-refractivity contribution in [2.24, 2.45) is 0 Å². The maximum absolute atomic E-state index is 13.1. The predicted molar refractivity (Wildman–Crippen MR) is 103 cm³/mol. The third-order valence-corrected chi connectivity index (χ3v) is 4.53. The van der Waals surface area contributed by atoms with Crippen molar-refractivity contribution in [2.45, 2.75) is 12.8 Å². The zero-order valence-electron chi connectivity index (χ0n) is 15.0. The summed E-state index contributed by atoms with van der Waals surface area (Å²) in [5.74, 6) is 0.596. The molecule has 3 aromatic carbocycles. The minimum Gasteiger partial charge on any atom is -0.497 e. The number of anilines is 1. The van der Waals surface area contributed by atoms with Crippen LogP contribution in [0.1, 0.15) is 27.7 Å². The number of fused-ring (bicyclic) bond motifs is 1. The summed E-state index contributed by atoms with van der Waals surface area (Å²) in [4.78, 5) is 19.0. The van der Waals surface area contributed by atoms with Gasteiger partial charge in [0.25, 0.3) is 5.91 Å². The van der Waals surface area contributed by atoms with Gasteiger partial charge in [0.2, 0.25) is 0 Å². The highest BCUT2D eigenvalue weighted by molar-refractivity contribution is 6.01. The van der Waals surface area contributed by atoms with Crippen LogP contribution in [0.25, 0.3) is 0 Å². The van der Waals surface area contributed by atoms with E-state index in [-0.39, 0.29) is 5.91 Å². The minimum absolute atomic E-state index is 0.166. The minimum atomic E-state index is -0.429. The van der Waals surface area contributed by atoms with Crippen LogP contribution in [0.2, 0.25) is 0 Å². The third-order valence-electron chi connectivity index (χ3n) is 4.53. The molecule has 0 saturated heterocycles. The molecule has 0 radical (unpaired) electrons. The Hall–Kier alpha value is -3.31. The largest absolute Gasteiger partial charge is 0.497 e. The number of para-hydroxylation sites is 1. The van der Waals surface area contributed by atoms with Crippen molar-refractivity contribution in [3.8, 4) is 5.75 Å². The topological polar surface area (TPSA) is 50.8 Å². The summed E-state index contributed by atoms with van der Waals surface area (Å²) in [5.41, 5.74) is 3.29. The number of hydrogen-bond donors (Lipinski definition) is 1. The number of carbonyl (C=O) groups is 1. The Labute approximate surface area is 158 Å². The van der Waals surface area contributed by atoms with Gasteiger partial charge in [-0.25, -0.2) is 0 Å². The van der Waals surface area contributed by atoms with E-state index in [2.05, 4.69) is 5.32 Å². The molecule has 1 unspecified atom stereocenters. The Morgan fingerprint density at radius 2 is 1.63 bits per heavy atom. The van der Waals surface area contributed by atoms with Crippen LogP contribution in [0.15, 0.2) is 78.9 Å². The van der Waals surface area contributed by atoms with E-state index in [1.807, 2.05) is 72.8 Å². The van der Waals surface area contributed by atoms with Crippen molar-refractivity contribution in [1.82, 2.24) is 5.06 Å². The summed E-state index contributed by atoms with van der Waals surface area (Å²) in [6.45, 7) is 0.309. The Kier molecular flexibility index (Phi) is 4.77. The van der Waals surface area contributed by atoms with Gasteiger partial charge in [0, 0.05) is 5.69 Å². The van der Waals surface area contributed by atoms with Gasteiger partial charge in [-0.05, 0) is 35.4 Å². The summed E-state index contributed by atoms with van der Waals surface area (Å²) in [6.07, 6.45) is -0.429. The number of benzene rings is 3. The van der Waals surface area contributed by atoms with Crippen LogP contribution in [-0.2, 0) is 11.4 Å². The lowest BCUT2D eigenvalue weighted by atomic mass is 10.1. The quantitative estimate of drug-likeness (QED) is 0.733. The fourth-order valence-corrected chi connectivity index (χ4v) is 3.09. The molecular weight excluding hydrogens is 340 g/mol. The fraction of sp³-hybridized carbons (Fsp3) is 0.136. The SMILES string of the molecule is COc1ccc(C2Nc3ccccc3C(=O)N2OCc2ccccc2)cc1. The first-order chi connectivity index (χ1) is 13.3. The van der Waals surface area contributed by atoms with E-state index in [9.17, 15) is 4.79 Å². The number of hydroxylamine groups is 2. The molecule has 4 rings (SSSR count). The zero-order chi connectivity index (χ0) is 18.6.